The monoisotopic (exact) mass is 233 g/mol. The molecule has 0 spiro atoms. The van der Waals surface area contributed by atoms with Gasteiger partial charge in [-0.25, -0.2) is 9.48 Å². The molecule has 2 aromatic heterocycles. The Morgan fingerprint density at radius 3 is 2.82 bits per heavy atom. The Morgan fingerprint density at radius 2 is 2.18 bits per heavy atom. The molecule has 17 heavy (non-hydrogen) atoms. The van der Waals surface area contributed by atoms with Gasteiger partial charge in [0.15, 0.2) is 5.82 Å². The topological polar surface area (TPSA) is 93.8 Å². The molecule has 0 amide bonds. The van der Waals surface area contributed by atoms with Gasteiger partial charge in [0.2, 0.25) is 0 Å². The molecule has 0 aliphatic rings. The third-order valence-electron chi connectivity index (χ3n) is 2.40. The van der Waals surface area contributed by atoms with Crippen molar-refractivity contribution in [2.45, 2.75) is 19.4 Å². The van der Waals surface area contributed by atoms with E-state index in [-0.39, 0.29) is 0 Å². The summed E-state index contributed by atoms with van der Waals surface area (Å²) in [5, 5.41) is 19.9. The van der Waals surface area contributed by atoms with Crippen molar-refractivity contribution < 1.29 is 9.90 Å². The summed E-state index contributed by atoms with van der Waals surface area (Å²) in [6.07, 6.45) is 3.82. The fraction of sp³-hybridized carbons (Fsp3) is 0.300. The van der Waals surface area contributed by atoms with Crippen molar-refractivity contribution in [1.29, 1.82) is 0 Å². The average molecular weight is 233 g/mol. The second-order valence-electron chi connectivity index (χ2n) is 3.59. The number of hydrogen-bond donors (Lipinski definition) is 1. The molecule has 0 saturated heterocycles. The predicted molar refractivity (Wildman–Crippen MR) is 57.2 cm³/mol. The minimum absolute atomic E-state index is 0.479. The molecule has 0 fully saturated rings. The zero-order valence-corrected chi connectivity index (χ0v) is 9.19. The maximum atomic E-state index is 10.9. The summed E-state index contributed by atoms with van der Waals surface area (Å²) in [5.41, 5.74) is 0.980. The average Bonchev–Trinajstić information content (AvgIpc) is 2.77. The molecule has 0 aliphatic carbocycles. The third kappa shape index (κ3) is 2.44. The summed E-state index contributed by atoms with van der Waals surface area (Å²) in [4.78, 5) is 14.8. The molecule has 2 aromatic rings. The molecule has 2 rings (SSSR count). The number of pyridine rings is 1. The van der Waals surface area contributed by atoms with E-state index in [1.807, 2.05) is 12.1 Å². The highest BCUT2D eigenvalue weighted by molar-refractivity contribution is 5.71. The smallest absolute Gasteiger partial charge is 0.328 e. The van der Waals surface area contributed by atoms with Crippen LogP contribution in [-0.4, -0.2) is 36.3 Å². The number of aliphatic carboxylic acids is 1. The summed E-state index contributed by atoms with van der Waals surface area (Å²) in [6.45, 7) is 1.54. The molecule has 88 valence electrons. The van der Waals surface area contributed by atoms with Crippen molar-refractivity contribution >= 4 is 5.97 Å². The molecular weight excluding hydrogens is 222 g/mol. The lowest BCUT2D eigenvalue weighted by atomic mass is 10.2. The van der Waals surface area contributed by atoms with Crippen LogP contribution >= 0.6 is 0 Å². The van der Waals surface area contributed by atoms with E-state index in [2.05, 4.69) is 20.5 Å². The van der Waals surface area contributed by atoms with Crippen LogP contribution in [0.15, 0.2) is 24.5 Å². The first-order valence-electron chi connectivity index (χ1n) is 5.07. The standard InChI is InChI=1S/C10H11N5O2/c1-7(10(16)17)15-9(12-13-14-15)6-8-2-4-11-5-3-8/h2-5,7H,6H2,1H3,(H,16,17). The molecule has 7 heteroatoms. The molecule has 0 aromatic carbocycles. The minimum atomic E-state index is -0.965. The van der Waals surface area contributed by atoms with Gasteiger partial charge in [0.05, 0.1) is 0 Å². The van der Waals surface area contributed by atoms with Crippen molar-refractivity contribution in [2.24, 2.45) is 0 Å². The summed E-state index contributed by atoms with van der Waals surface area (Å²) in [5.74, 6) is -0.445. The van der Waals surface area contributed by atoms with Gasteiger partial charge < -0.3 is 5.11 Å². The Hall–Kier alpha value is -2.31. The zero-order chi connectivity index (χ0) is 12.3. The lowest BCUT2D eigenvalue weighted by molar-refractivity contribution is -0.140. The molecule has 1 unspecified atom stereocenters. The zero-order valence-electron chi connectivity index (χ0n) is 9.19. The van der Waals surface area contributed by atoms with Gasteiger partial charge >= 0.3 is 5.97 Å². The van der Waals surface area contributed by atoms with E-state index in [9.17, 15) is 4.79 Å². The van der Waals surface area contributed by atoms with E-state index < -0.39 is 12.0 Å². The molecule has 0 aliphatic heterocycles. The highest BCUT2D eigenvalue weighted by atomic mass is 16.4. The molecular formula is C10H11N5O2. The maximum Gasteiger partial charge on any atom is 0.328 e. The summed E-state index contributed by atoms with van der Waals surface area (Å²) in [6, 6.07) is 2.90. The number of hydrogen-bond acceptors (Lipinski definition) is 5. The second kappa shape index (κ2) is 4.69. The molecule has 2 heterocycles. The van der Waals surface area contributed by atoms with E-state index in [4.69, 9.17) is 5.11 Å². The number of carbonyl (C=O) groups is 1. The predicted octanol–water partition coefficient (Wildman–Crippen LogP) is 0.304. The highest BCUT2D eigenvalue weighted by Gasteiger charge is 2.19. The Kier molecular flexibility index (Phi) is 3.08. The molecule has 1 atom stereocenters. The third-order valence-corrected chi connectivity index (χ3v) is 2.40. The van der Waals surface area contributed by atoms with Crippen LogP contribution in [-0.2, 0) is 11.2 Å². The van der Waals surface area contributed by atoms with E-state index in [0.717, 1.165) is 5.56 Å². The quantitative estimate of drug-likeness (QED) is 0.816. The number of tetrazole rings is 1. The molecule has 0 saturated carbocycles. The van der Waals surface area contributed by atoms with E-state index in [1.54, 1.807) is 12.4 Å². The van der Waals surface area contributed by atoms with Crippen molar-refractivity contribution in [3.05, 3.63) is 35.9 Å². The molecule has 0 radical (unpaired) electrons. The van der Waals surface area contributed by atoms with Gasteiger partial charge in [-0.05, 0) is 35.0 Å². The number of aromatic nitrogens is 5. The molecule has 0 bridgehead atoms. The van der Waals surface area contributed by atoms with Crippen molar-refractivity contribution in [3.63, 3.8) is 0 Å². The fourth-order valence-electron chi connectivity index (χ4n) is 1.42. The van der Waals surface area contributed by atoms with Crippen molar-refractivity contribution in [1.82, 2.24) is 25.2 Å². The van der Waals surface area contributed by atoms with Gasteiger partial charge in [-0.2, -0.15) is 0 Å². The van der Waals surface area contributed by atoms with Gasteiger partial charge in [0, 0.05) is 18.8 Å². The first kappa shape index (κ1) is 11.2. The second-order valence-corrected chi connectivity index (χ2v) is 3.59. The Balaban J connectivity index is 2.23. The summed E-state index contributed by atoms with van der Waals surface area (Å²) in [7, 11) is 0. The van der Waals surface area contributed by atoms with Gasteiger partial charge in [-0.15, -0.1) is 5.10 Å². The number of nitrogens with zero attached hydrogens (tertiary/aromatic N) is 5. The van der Waals surface area contributed by atoms with Crippen LogP contribution in [0.2, 0.25) is 0 Å². The Labute approximate surface area is 97.1 Å². The van der Waals surface area contributed by atoms with Crippen LogP contribution in [0.5, 0.6) is 0 Å². The SMILES string of the molecule is CC(C(=O)O)n1nnnc1Cc1ccncc1. The van der Waals surface area contributed by atoms with Crippen LogP contribution in [0.25, 0.3) is 0 Å². The van der Waals surface area contributed by atoms with Crippen LogP contribution in [0.3, 0.4) is 0 Å². The highest BCUT2D eigenvalue weighted by Crippen LogP contribution is 2.10. The largest absolute Gasteiger partial charge is 0.480 e. The maximum absolute atomic E-state index is 10.9. The first-order chi connectivity index (χ1) is 8.18. The number of rotatable bonds is 4. The van der Waals surface area contributed by atoms with E-state index >= 15 is 0 Å². The van der Waals surface area contributed by atoms with Crippen molar-refractivity contribution in [2.75, 3.05) is 0 Å². The lowest BCUT2D eigenvalue weighted by Crippen LogP contribution is -2.19. The normalized spacial score (nSPS) is 12.3. The van der Waals surface area contributed by atoms with E-state index in [1.165, 1.54) is 11.6 Å². The van der Waals surface area contributed by atoms with Crippen LogP contribution in [0.1, 0.15) is 24.4 Å². The van der Waals surface area contributed by atoms with Crippen LogP contribution in [0, 0.1) is 0 Å². The van der Waals surface area contributed by atoms with Crippen LogP contribution in [0.4, 0.5) is 0 Å². The minimum Gasteiger partial charge on any atom is -0.480 e. The number of carboxylic acids is 1. The first-order valence-corrected chi connectivity index (χ1v) is 5.07. The molecule has 7 nitrogen and oxygen atoms in total. The van der Waals surface area contributed by atoms with Gasteiger partial charge in [-0.3, -0.25) is 4.98 Å². The van der Waals surface area contributed by atoms with Gasteiger partial charge in [-0.1, -0.05) is 0 Å². The summed E-state index contributed by atoms with van der Waals surface area (Å²) < 4.78 is 1.31. The van der Waals surface area contributed by atoms with Crippen molar-refractivity contribution in [3.8, 4) is 0 Å². The van der Waals surface area contributed by atoms with Gasteiger partial charge in [0.25, 0.3) is 0 Å². The fourth-order valence-corrected chi connectivity index (χ4v) is 1.42. The number of carboxylic acid groups (broad SMARTS) is 1. The van der Waals surface area contributed by atoms with E-state index in [0.29, 0.717) is 12.2 Å². The Morgan fingerprint density at radius 1 is 1.47 bits per heavy atom. The molecule has 1 N–H and O–H groups in total. The summed E-state index contributed by atoms with van der Waals surface area (Å²) >= 11 is 0. The van der Waals surface area contributed by atoms with Crippen LogP contribution < -0.4 is 0 Å². The van der Waals surface area contributed by atoms with Gasteiger partial charge in [0.1, 0.15) is 6.04 Å². The lowest BCUT2D eigenvalue weighted by Gasteiger charge is -2.08. The Bertz CT molecular complexity index is 510.